The first kappa shape index (κ1) is 18.2. The second-order valence-electron chi connectivity index (χ2n) is 5.62. The molecule has 5 amide bonds. The minimum atomic E-state index is -1.27. The Hall–Kier alpha value is -3.10. The summed E-state index contributed by atoms with van der Waals surface area (Å²) in [5.41, 5.74) is -0.704. The van der Waals surface area contributed by atoms with Crippen LogP contribution in [0.5, 0.6) is 5.75 Å². The third-order valence-electron chi connectivity index (χ3n) is 3.97. The quantitative estimate of drug-likeness (QED) is 0.589. The molecule has 1 saturated heterocycles. The fraction of sp³-hybridized carbons (Fsp3) is 0.375. The summed E-state index contributed by atoms with van der Waals surface area (Å²) in [5.74, 6) is -0.910. The van der Waals surface area contributed by atoms with Crippen molar-refractivity contribution in [2.45, 2.75) is 12.5 Å². The molecular weight excluding hydrogens is 328 g/mol. The molecule has 3 N–H and O–H groups in total. The second kappa shape index (κ2) is 7.20. The molecule has 1 fully saturated rings. The number of carbonyl (C=O) groups excluding carboxylic acids is 4. The van der Waals surface area contributed by atoms with E-state index in [1.54, 1.807) is 31.2 Å². The van der Waals surface area contributed by atoms with Gasteiger partial charge >= 0.3 is 6.03 Å². The lowest BCUT2D eigenvalue weighted by Gasteiger charge is -2.22. The van der Waals surface area contributed by atoms with Crippen LogP contribution in [0.3, 0.4) is 0 Å². The minimum absolute atomic E-state index is 0.227. The van der Waals surface area contributed by atoms with Crippen LogP contribution >= 0.6 is 0 Å². The Labute approximate surface area is 144 Å². The Morgan fingerprint density at radius 3 is 2.40 bits per heavy atom. The molecule has 1 aliphatic rings. The number of nitrogens with zero attached hydrogens (tertiary/aromatic N) is 1. The van der Waals surface area contributed by atoms with Gasteiger partial charge in [-0.25, -0.2) is 4.79 Å². The monoisotopic (exact) mass is 348 g/mol. The van der Waals surface area contributed by atoms with Gasteiger partial charge in [0, 0.05) is 7.05 Å². The molecule has 1 aromatic rings. The van der Waals surface area contributed by atoms with Gasteiger partial charge in [0.05, 0.1) is 13.7 Å². The molecule has 0 unspecified atom stereocenters. The number of likely N-dealkylation sites (N-methyl/N-ethyl adjacent to an activating group) is 1. The maximum Gasteiger partial charge on any atom is 0.325 e. The highest BCUT2D eigenvalue weighted by molar-refractivity contribution is 6.09. The van der Waals surface area contributed by atoms with Gasteiger partial charge in [-0.05, 0) is 24.6 Å². The van der Waals surface area contributed by atoms with Gasteiger partial charge in [0.25, 0.3) is 5.91 Å². The molecule has 0 aliphatic carbocycles. The smallest absolute Gasteiger partial charge is 0.325 e. The number of ether oxygens (including phenoxy) is 1. The van der Waals surface area contributed by atoms with Gasteiger partial charge in [-0.3, -0.25) is 19.3 Å². The molecule has 1 heterocycles. The summed E-state index contributed by atoms with van der Waals surface area (Å²) in [5, 5.41) is 7.30. The Bertz CT molecular complexity index is 703. The average Bonchev–Trinajstić information content (AvgIpc) is 2.83. The van der Waals surface area contributed by atoms with Gasteiger partial charge in [0.1, 0.15) is 17.8 Å². The highest BCUT2D eigenvalue weighted by Gasteiger charge is 2.49. The van der Waals surface area contributed by atoms with Crippen molar-refractivity contribution < 1.29 is 23.9 Å². The zero-order chi connectivity index (χ0) is 18.6. The largest absolute Gasteiger partial charge is 0.497 e. The van der Waals surface area contributed by atoms with Gasteiger partial charge in [-0.2, -0.15) is 0 Å². The summed E-state index contributed by atoms with van der Waals surface area (Å²) in [4.78, 5) is 48.6. The van der Waals surface area contributed by atoms with Crippen LogP contribution in [0.2, 0.25) is 0 Å². The molecule has 1 aliphatic heterocycles. The molecular formula is C16H20N4O5. The first-order valence-corrected chi connectivity index (χ1v) is 7.57. The van der Waals surface area contributed by atoms with Crippen LogP contribution in [0, 0.1) is 0 Å². The van der Waals surface area contributed by atoms with E-state index in [0.717, 1.165) is 4.90 Å². The van der Waals surface area contributed by atoms with Gasteiger partial charge in [-0.1, -0.05) is 12.1 Å². The summed E-state index contributed by atoms with van der Waals surface area (Å²) >= 11 is 0. The fourth-order valence-corrected chi connectivity index (χ4v) is 2.43. The summed E-state index contributed by atoms with van der Waals surface area (Å²) in [6, 6.07) is 6.04. The summed E-state index contributed by atoms with van der Waals surface area (Å²) in [6.07, 6.45) is 0. The number of hydrogen-bond acceptors (Lipinski definition) is 5. The predicted molar refractivity (Wildman–Crippen MR) is 87.7 cm³/mol. The Morgan fingerprint density at radius 1 is 1.20 bits per heavy atom. The molecule has 0 saturated carbocycles. The van der Waals surface area contributed by atoms with Crippen molar-refractivity contribution in [1.29, 1.82) is 0 Å². The van der Waals surface area contributed by atoms with Gasteiger partial charge in [0.2, 0.25) is 11.8 Å². The van der Waals surface area contributed by atoms with Crippen LogP contribution in [-0.2, 0) is 19.9 Å². The van der Waals surface area contributed by atoms with Crippen LogP contribution in [0.4, 0.5) is 4.79 Å². The topological polar surface area (TPSA) is 117 Å². The third kappa shape index (κ3) is 3.70. The number of methoxy groups -OCH3 is 1. The van der Waals surface area contributed by atoms with Crippen molar-refractivity contribution in [2.24, 2.45) is 0 Å². The molecule has 0 radical (unpaired) electrons. The van der Waals surface area contributed by atoms with E-state index in [9.17, 15) is 19.2 Å². The predicted octanol–water partition coefficient (Wildman–Crippen LogP) is -0.676. The normalized spacial score (nSPS) is 19.4. The second-order valence-corrected chi connectivity index (χ2v) is 5.62. The third-order valence-corrected chi connectivity index (χ3v) is 3.97. The van der Waals surface area contributed by atoms with Gasteiger partial charge in [0.15, 0.2) is 0 Å². The maximum atomic E-state index is 12.7. The van der Waals surface area contributed by atoms with Crippen LogP contribution in [0.1, 0.15) is 12.5 Å². The summed E-state index contributed by atoms with van der Waals surface area (Å²) in [7, 11) is 2.96. The number of rotatable bonds is 6. The number of amides is 5. The van der Waals surface area contributed by atoms with E-state index in [1.807, 2.05) is 0 Å². The lowest BCUT2D eigenvalue weighted by atomic mass is 9.92. The molecule has 134 valence electrons. The summed E-state index contributed by atoms with van der Waals surface area (Å²) in [6.45, 7) is 0.875. The molecule has 0 spiro atoms. The highest BCUT2D eigenvalue weighted by atomic mass is 16.5. The average molecular weight is 348 g/mol. The number of hydrogen-bond donors (Lipinski definition) is 3. The van der Waals surface area contributed by atoms with Crippen LogP contribution in [0.25, 0.3) is 0 Å². The lowest BCUT2D eigenvalue weighted by molar-refractivity contribution is -0.135. The first-order chi connectivity index (χ1) is 11.8. The first-order valence-electron chi connectivity index (χ1n) is 7.57. The van der Waals surface area contributed by atoms with Crippen molar-refractivity contribution in [3.63, 3.8) is 0 Å². The number of nitrogens with one attached hydrogen (secondary N) is 3. The van der Waals surface area contributed by atoms with Crippen LogP contribution in [0.15, 0.2) is 24.3 Å². The summed E-state index contributed by atoms with van der Waals surface area (Å²) < 4.78 is 5.07. The lowest BCUT2D eigenvalue weighted by Crippen LogP contribution is -2.44. The highest BCUT2D eigenvalue weighted by Crippen LogP contribution is 2.29. The molecule has 9 nitrogen and oxygen atoms in total. The Morgan fingerprint density at radius 2 is 1.84 bits per heavy atom. The zero-order valence-electron chi connectivity index (χ0n) is 14.2. The van der Waals surface area contributed by atoms with Crippen molar-refractivity contribution in [1.82, 2.24) is 20.9 Å². The van der Waals surface area contributed by atoms with E-state index < -0.39 is 29.9 Å². The Kier molecular flexibility index (Phi) is 5.26. The van der Waals surface area contributed by atoms with Crippen molar-refractivity contribution in [3.8, 4) is 5.75 Å². The van der Waals surface area contributed by atoms with Crippen LogP contribution in [-0.4, -0.2) is 55.9 Å². The molecule has 25 heavy (non-hydrogen) atoms. The van der Waals surface area contributed by atoms with Gasteiger partial charge in [-0.15, -0.1) is 0 Å². The minimum Gasteiger partial charge on any atom is -0.497 e. The number of carbonyl (C=O) groups is 4. The van der Waals surface area contributed by atoms with E-state index in [0.29, 0.717) is 11.3 Å². The van der Waals surface area contributed by atoms with Crippen molar-refractivity contribution in [2.75, 3.05) is 27.2 Å². The maximum absolute atomic E-state index is 12.7. The number of urea groups is 1. The SMILES string of the molecule is CNC(=O)CNC(=O)CN1C(=O)N[C@@](C)(c2ccc(OC)cc2)C1=O. The standard InChI is InChI=1S/C16H20N4O5/c1-16(10-4-6-11(25-3)7-5-10)14(23)20(15(24)19-16)9-13(22)18-8-12(21)17-2/h4-7H,8-9H2,1-3H3,(H,17,21)(H,18,22)(H,19,24)/t16-/m0/s1. The van der Waals surface area contributed by atoms with Crippen molar-refractivity contribution >= 4 is 23.8 Å². The van der Waals surface area contributed by atoms with E-state index in [4.69, 9.17) is 4.74 Å². The molecule has 1 atom stereocenters. The molecule has 0 aromatic heterocycles. The van der Waals surface area contributed by atoms with Crippen LogP contribution < -0.4 is 20.7 Å². The van der Waals surface area contributed by atoms with Crippen molar-refractivity contribution in [3.05, 3.63) is 29.8 Å². The van der Waals surface area contributed by atoms with E-state index in [2.05, 4.69) is 16.0 Å². The molecule has 0 bridgehead atoms. The molecule has 1 aromatic carbocycles. The van der Waals surface area contributed by atoms with Gasteiger partial charge < -0.3 is 20.7 Å². The molecule has 9 heteroatoms. The van der Waals surface area contributed by atoms with E-state index in [1.165, 1.54) is 14.2 Å². The zero-order valence-corrected chi connectivity index (χ0v) is 14.2. The van der Waals surface area contributed by atoms with E-state index >= 15 is 0 Å². The number of imide groups is 1. The van der Waals surface area contributed by atoms with E-state index in [-0.39, 0.29) is 12.5 Å². The Balaban J connectivity index is 2.10. The number of benzene rings is 1. The molecule has 2 rings (SSSR count). The fourth-order valence-electron chi connectivity index (χ4n) is 2.43.